The highest BCUT2D eigenvalue weighted by molar-refractivity contribution is 5.92. The Balaban J connectivity index is 1.99. The van der Waals surface area contributed by atoms with Crippen molar-refractivity contribution in [3.8, 4) is 0 Å². The summed E-state index contributed by atoms with van der Waals surface area (Å²) in [7, 11) is 0. The average Bonchev–Trinajstić information content (AvgIpc) is 2.75. The van der Waals surface area contributed by atoms with Crippen molar-refractivity contribution in [1.29, 1.82) is 0 Å². The number of hydrogen-bond donors (Lipinski definition) is 2. The van der Waals surface area contributed by atoms with E-state index in [-0.39, 0.29) is 18.6 Å². The summed E-state index contributed by atoms with van der Waals surface area (Å²) in [6.45, 7) is -1.42. The molecule has 108 valence electrons. The van der Waals surface area contributed by atoms with Gasteiger partial charge in [-0.1, -0.05) is 0 Å². The van der Waals surface area contributed by atoms with Gasteiger partial charge < -0.3 is 14.8 Å². The first-order chi connectivity index (χ1) is 9.35. The summed E-state index contributed by atoms with van der Waals surface area (Å²) >= 11 is 0. The first-order valence-electron chi connectivity index (χ1n) is 5.71. The Bertz CT molecular complexity index is 622. The highest BCUT2D eigenvalue weighted by Gasteiger charge is 2.27. The zero-order valence-corrected chi connectivity index (χ0v) is 10.2. The second kappa shape index (κ2) is 5.49. The van der Waals surface area contributed by atoms with Crippen LogP contribution in [0.4, 0.5) is 13.2 Å². The number of rotatable bonds is 5. The molecule has 0 aliphatic carbocycles. The van der Waals surface area contributed by atoms with Gasteiger partial charge >= 0.3 is 12.1 Å². The van der Waals surface area contributed by atoms with Gasteiger partial charge in [0, 0.05) is 6.42 Å². The summed E-state index contributed by atoms with van der Waals surface area (Å²) in [6, 6.07) is 4.37. The van der Waals surface area contributed by atoms with Crippen LogP contribution >= 0.6 is 0 Å². The Morgan fingerprint density at radius 3 is 2.80 bits per heavy atom. The topological polar surface area (TPSA) is 75.2 Å². The van der Waals surface area contributed by atoms with E-state index in [1.165, 1.54) is 18.2 Å². The third kappa shape index (κ3) is 3.70. The third-order valence-corrected chi connectivity index (χ3v) is 2.53. The Labute approximate surface area is 111 Å². The fraction of sp³-hybridized carbons (Fsp3) is 0.333. The Morgan fingerprint density at radius 2 is 2.15 bits per heavy atom. The number of nitrogens with one attached hydrogen (secondary N) is 1. The van der Waals surface area contributed by atoms with E-state index in [9.17, 15) is 18.0 Å². The van der Waals surface area contributed by atoms with Crippen molar-refractivity contribution in [1.82, 2.24) is 9.97 Å². The van der Waals surface area contributed by atoms with Gasteiger partial charge in [0.1, 0.15) is 12.4 Å². The summed E-state index contributed by atoms with van der Waals surface area (Å²) in [6.07, 6.45) is -4.16. The second-order valence-electron chi connectivity index (χ2n) is 4.14. The van der Waals surface area contributed by atoms with Gasteiger partial charge in [0.25, 0.3) is 0 Å². The summed E-state index contributed by atoms with van der Waals surface area (Å²) < 4.78 is 40.1. The molecular weight excluding hydrogens is 277 g/mol. The molecule has 2 aromatic rings. The number of carbonyl (C=O) groups is 1. The van der Waals surface area contributed by atoms with Crippen molar-refractivity contribution < 1.29 is 27.8 Å². The SMILES string of the molecule is O=C(O)c1ccc2nc(CCOCC(F)(F)F)[nH]c2c1. The van der Waals surface area contributed by atoms with Gasteiger partial charge in [-0.05, 0) is 18.2 Å². The normalized spacial score (nSPS) is 11.9. The number of fused-ring (bicyclic) bond motifs is 1. The fourth-order valence-electron chi connectivity index (χ4n) is 1.67. The maximum atomic E-state index is 11.9. The molecule has 0 radical (unpaired) electrons. The number of carboxylic acid groups (broad SMARTS) is 1. The minimum Gasteiger partial charge on any atom is -0.478 e. The van der Waals surface area contributed by atoms with E-state index in [0.717, 1.165) is 0 Å². The number of hydrogen-bond acceptors (Lipinski definition) is 3. The molecule has 0 spiro atoms. The molecule has 1 aromatic carbocycles. The number of imidazole rings is 1. The number of ether oxygens (including phenoxy) is 1. The van der Waals surface area contributed by atoms with Crippen LogP contribution in [0.1, 0.15) is 16.2 Å². The standard InChI is InChI=1S/C12H11F3N2O3/c13-12(14,15)6-20-4-3-10-16-8-2-1-7(11(18)19)5-9(8)17-10/h1-2,5H,3-4,6H2,(H,16,17)(H,18,19). The van der Waals surface area contributed by atoms with Crippen molar-refractivity contribution in [2.45, 2.75) is 12.6 Å². The molecule has 0 saturated heterocycles. The lowest BCUT2D eigenvalue weighted by Crippen LogP contribution is -2.18. The maximum absolute atomic E-state index is 11.9. The van der Waals surface area contributed by atoms with E-state index in [4.69, 9.17) is 5.11 Å². The molecule has 0 saturated carbocycles. The monoisotopic (exact) mass is 288 g/mol. The lowest BCUT2D eigenvalue weighted by Gasteiger charge is -2.06. The zero-order valence-electron chi connectivity index (χ0n) is 10.2. The number of alkyl halides is 3. The summed E-state index contributed by atoms with van der Waals surface area (Å²) in [4.78, 5) is 17.8. The molecule has 0 aliphatic rings. The Morgan fingerprint density at radius 1 is 1.40 bits per heavy atom. The van der Waals surface area contributed by atoms with Crippen LogP contribution < -0.4 is 0 Å². The van der Waals surface area contributed by atoms with Crippen molar-refractivity contribution in [3.05, 3.63) is 29.6 Å². The van der Waals surface area contributed by atoms with Gasteiger partial charge in [0.2, 0.25) is 0 Å². The Kier molecular flexibility index (Phi) is 3.93. The largest absolute Gasteiger partial charge is 0.478 e. The highest BCUT2D eigenvalue weighted by atomic mass is 19.4. The van der Waals surface area contributed by atoms with Gasteiger partial charge in [0.05, 0.1) is 23.2 Å². The smallest absolute Gasteiger partial charge is 0.411 e. The summed E-state index contributed by atoms with van der Waals surface area (Å²) in [5.41, 5.74) is 1.19. The molecule has 20 heavy (non-hydrogen) atoms. The first kappa shape index (κ1) is 14.3. The average molecular weight is 288 g/mol. The number of aromatic amines is 1. The van der Waals surface area contributed by atoms with E-state index in [1.807, 2.05) is 0 Å². The molecule has 0 atom stereocenters. The van der Waals surface area contributed by atoms with Crippen molar-refractivity contribution in [2.75, 3.05) is 13.2 Å². The number of H-pyrrole nitrogens is 1. The van der Waals surface area contributed by atoms with Crippen LogP contribution in [0.3, 0.4) is 0 Å². The molecule has 8 heteroatoms. The van der Waals surface area contributed by atoms with Crippen LogP contribution in [0.25, 0.3) is 11.0 Å². The molecule has 0 fully saturated rings. The molecule has 0 amide bonds. The number of aromatic carboxylic acids is 1. The zero-order chi connectivity index (χ0) is 14.8. The van der Waals surface area contributed by atoms with Gasteiger partial charge in [-0.3, -0.25) is 0 Å². The van der Waals surface area contributed by atoms with Crippen molar-refractivity contribution >= 4 is 17.0 Å². The predicted octanol–water partition coefficient (Wildman–Crippen LogP) is 2.38. The predicted molar refractivity (Wildman–Crippen MR) is 63.6 cm³/mol. The van der Waals surface area contributed by atoms with E-state index >= 15 is 0 Å². The molecule has 2 N–H and O–H groups in total. The van der Waals surface area contributed by atoms with Crippen LogP contribution in [0, 0.1) is 0 Å². The second-order valence-corrected chi connectivity index (χ2v) is 4.14. The van der Waals surface area contributed by atoms with E-state index in [1.54, 1.807) is 0 Å². The van der Waals surface area contributed by atoms with Gasteiger partial charge in [-0.25, -0.2) is 9.78 Å². The lowest BCUT2D eigenvalue weighted by atomic mass is 10.2. The number of halogens is 3. The van der Waals surface area contributed by atoms with E-state index in [0.29, 0.717) is 16.9 Å². The van der Waals surface area contributed by atoms with E-state index < -0.39 is 18.8 Å². The highest BCUT2D eigenvalue weighted by Crippen LogP contribution is 2.16. The lowest BCUT2D eigenvalue weighted by molar-refractivity contribution is -0.173. The molecule has 0 aliphatic heterocycles. The van der Waals surface area contributed by atoms with Crippen LogP contribution in [0.2, 0.25) is 0 Å². The van der Waals surface area contributed by atoms with Crippen molar-refractivity contribution in [2.24, 2.45) is 0 Å². The van der Waals surface area contributed by atoms with Gasteiger partial charge in [-0.2, -0.15) is 13.2 Å². The molecule has 2 rings (SSSR count). The maximum Gasteiger partial charge on any atom is 0.411 e. The number of nitrogens with zero attached hydrogens (tertiary/aromatic N) is 1. The minimum absolute atomic E-state index is 0.112. The molecule has 0 unspecified atom stereocenters. The molecule has 0 bridgehead atoms. The van der Waals surface area contributed by atoms with Crippen LogP contribution in [0.5, 0.6) is 0 Å². The Hall–Kier alpha value is -2.09. The number of carboxylic acids is 1. The van der Waals surface area contributed by atoms with Crippen LogP contribution in [-0.2, 0) is 11.2 Å². The third-order valence-electron chi connectivity index (χ3n) is 2.53. The molecule has 1 heterocycles. The van der Waals surface area contributed by atoms with Gasteiger partial charge in [-0.15, -0.1) is 0 Å². The first-order valence-corrected chi connectivity index (χ1v) is 5.71. The molecule has 1 aromatic heterocycles. The van der Waals surface area contributed by atoms with Gasteiger partial charge in [0.15, 0.2) is 0 Å². The summed E-state index contributed by atoms with van der Waals surface area (Å²) in [5.74, 6) is -0.610. The van der Waals surface area contributed by atoms with Crippen LogP contribution in [-0.4, -0.2) is 40.4 Å². The summed E-state index contributed by atoms with van der Waals surface area (Å²) in [5, 5.41) is 8.84. The minimum atomic E-state index is -4.34. The quantitative estimate of drug-likeness (QED) is 0.828. The van der Waals surface area contributed by atoms with E-state index in [2.05, 4.69) is 14.7 Å². The number of benzene rings is 1. The molecular formula is C12H11F3N2O3. The van der Waals surface area contributed by atoms with Crippen molar-refractivity contribution in [3.63, 3.8) is 0 Å². The number of aromatic nitrogens is 2. The molecule has 5 nitrogen and oxygen atoms in total. The van der Waals surface area contributed by atoms with Crippen LogP contribution in [0.15, 0.2) is 18.2 Å². The fourth-order valence-corrected chi connectivity index (χ4v) is 1.67.